The molecule has 128 valence electrons. The van der Waals surface area contributed by atoms with Crippen molar-refractivity contribution in [3.8, 4) is 11.8 Å². The highest BCUT2D eigenvalue weighted by Crippen LogP contribution is 2.31. The smallest absolute Gasteiger partial charge is 0.318 e. The molecule has 0 aliphatic carbocycles. The first-order valence-corrected chi connectivity index (χ1v) is 8.39. The second-order valence-electron chi connectivity index (χ2n) is 5.40. The van der Waals surface area contributed by atoms with Gasteiger partial charge in [0.15, 0.2) is 5.82 Å². The van der Waals surface area contributed by atoms with Crippen molar-refractivity contribution >= 4 is 23.1 Å². The summed E-state index contributed by atoms with van der Waals surface area (Å²) in [4.78, 5) is 12.9. The van der Waals surface area contributed by atoms with E-state index >= 15 is 0 Å². The number of aromatic nitrogens is 2. The lowest BCUT2D eigenvalue weighted by atomic mass is 10.2. The topological polar surface area (TPSA) is 50.7 Å². The standard InChI is InChI=1S/C17H21ClN4O2/c1-3-24-15-7-5-4-6-14(15)21-8-10-22(11-9-21)16-13(18)12-19-17(20-16)23-2/h4-7,12H,3,8-11H2,1-2H3. The molecule has 0 atom stereocenters. The third-order valence-corrected chi connectivity index (χ3v) is 4.24. The number of methoxy groups -OCH3 is 1. The highest BCUT2D eigenvalue weighted by Gasteiger charge is 2.22. The molecule has 24 heavy (non-hydrogen) atoms. The van der Waals surface area contributed by atoms with Crippen LogP contribution in [0.3, 0.4) is 0 Å². The van der Waals surface area contributed by atoms with Gasteiger partial charge in [-0.05, 0) is 19.1 Å². The third-order valence-electron chi connectivity index (χ3n) is 3.97. The summed E-state index contributed by atoms with van der Waals surface area (Å²) in [6, 6.07) is 8.48. The molecule has 0 unspecified atom stereocenters. The van der Waals surface area contributed by atoms with Gasteiger partial charge in [0.2, 0.25) is 0 Å². The van der Waals surface area contributed by atoms with Crippen LogP contribution in [0.5, 0.6) is 11.8 Å². The summed E-state index contributed by atoms with van der Waals surface area (Å²) >= 11 is 6.25. The summed E-state index contributed by atoms with van der Waals surface area (Å²) in [7, 11) is 1.55. The molecule has 7 heteroatoms. The molecule has 2 heterocycles. The van der Waals surface area contributed by atoms with Crippen LogP contribution in [-0.4, -0.2) is 49.9 Å². The van der Waals surface area contributed by atoms with Crippen LogP contribution in [0.25, 0.3) is 0 Å². The van der Waals surface area contributed by atoms with Crippen molar-refractivity contribution in [2.45, 2.75) is 6.92 Å². The summed E-state index contributed by atoms with van der Waals surface area (Å²) in [5, 5.41) is 0.541. The van der Waals surface area contributed by atoms with E-state index in [0.29, 0.717) is 17.6 Å². The first kappa shape index (κ1) is 16.6. The van der Waals surface area contributed by atoms with Crippen LogP contribution < -0.4 is 19.3 Å². The summed E-state index contributed by atoms with van der Waals surface area (Å²) in [5.41, 5.74) is 1.13. The minimum atomic E-state index is 0.332. The number of anilines is 2. The number of piperazine rings is 1. The molecule has 0 bridgehead atoms. The van der Waals surface area contributed by atoms with E-state index in [9.17, 15) is 0 Å². The van der Waals surface area contributed by atoms with E-state index in [1.807, 2.05) is 25.1 Å². The molecule has 1 aliphatic rings. The van der Waals surface area contributed by atoms with Gasteiger partial charge in [-0.3, -0.25) is 0 Å². The van der Waals surface area contributed by atoms with Gasteiger partial charge < -0.3 is 19.3 Å². The summed E-state index contributed by atoms with van der Waals surface area (Å²) < 4.78 is 10.8. The van der Waals surface area contributed by atoms with E-state index in [-0.39, 0.29) is 0 Å². The number of rotatable bonds is 5. The monoisotopic (exact) mass is 348 g/mol. The Balaban J connectivity index is 1.72. The van der Waals surface area contributed by atoms with Gasteiger partial charge >= 0.3 is 6.01 Å². The van der Waals surface area contributed by atoms with Gasteiger partial charge in [-0.2, -0.15) is 4.98 Å². The van der Waals surface area contributed by atoms with Crippen molar-refractivity contribution in [3.05, 3.63) is 35.5 Å². The Labute approximate surface area is 147 Å². The number of benzene rings is 1. The molecule has 0 saturated carbocycles. The van der Waals surface area contributed by atoms with Crippen molar-refractivity contribution in [2.75, 3.05) is 49.7 Å². The predicted molar refractivity (Wildman–Crippen MR) is 95.6 cm³/mol. The lowest BCUT2D eigenvalue weighted by molar-refractivity contribution is 0.340. The molecule has 1 saturated heterocycles. The normalized spacial score (nSPS) is 14.6. The molecule has 0 spiro atoms. The zero-order chi connectivity index (χ0) is 16.9. The van der Waals surface area contributed by atoms with Crippen LogP contribution in [0.1, 0.15) is 6.92 Å². The van der Waals surface area contributed by atoms with E-state index in [1.165, 1.54) is 0 Å². The van der Waals surface area contributed by atoms with Crippen LogP contribution in [0.4, 0.5) is 11.5 Å². The Hall–Kier alpha value is -2.21. The Morgan fingerprint density at radius 1 is 1.12 bits per heavy atom. The SMILES string of the molecule is CCOc1ccccc1N1CCN(c2nc(OC)ncc2Cl)CC1. The lowest BCUT2D eigenvalue weighted by Crippen LogP contribution is -2.47. The molecule has 6 nitrogen and oxygen atoms in total. The van der Waals surface area contributed by atoms with Gasteiger partial charge in [0.25, 0.3) is 0 Å². The van der Waals surface area contributed by atoms with Gasteiger partial charge in [-0.25, -0.2) is 4.98 Å². The maximum absolute atomic E-state index is 6.25. The van der Waals surface area contributed by atoms with Crippen LogP contribution in [0.15, 0.2) is 30.5 Å². The van der Waals surface area contributed by atoms with Crippen molar-refractivity contribution in [3.63, 3.8) is 0 Å². The number of ether oxygens (including phenoxy) is 2. The van der Waals surface area contributed by atoms with Crippen LogP contribution >= 0.6 is 11.6 Å². The molecule has 1 aliphatic heterocycles. The number of para-hydroxylation sites is 2. The fourth-order valence-corrected chi connectivity index (χ4v) is 3.03. The zero-order valence-electron chi connectivity index (χ0n) is 13.9. The fraction of sp³-hybridized carbons (Fsp3) is 0.412. The third kappa shape index (κ3) is 3.48. The van der Waals surface area contributed by atoms with E-state index in [1.54, 1.807) is 13.3 Å². The first-order valence-electron chi connectivity index (χ1n) is 8.01. The molecular formula is C17H21ClN4O2. The van der Waals surface area contributed by atoms with Crippen molar-refractivity contribution in [1.82, 2.24) is 9.97 Å². The number of nitrogens with zero attached hydrogens (tertiary/aromatic N) is 4. The largest absolute Gasteiger partial charge is 0.492 e. The maximum atomic E-state index is 6.25. The van der Waals surface area contributed by atoms with E-state index < -0.39 is 0 Å². The summed E-state index contributed by atoms with van der Waals surface area (Å²) in [5.74, 6) is 1.65. The lowest BCUT2D eigenvalue weighted by Gasteiger charge is -2.37. The molecule has 1 fully saturated rings. The zero-order valence-corrected chi connectivity index (χ0v) is 14.7. The van der Waals surface area contributed by atoms with E-state index in [2.05, 4.69) is 25.8 Å². The molecule has 1 aromatic heterocycles. The first-order chi connectivity index (χ1) is 11.7. The minimum Gasteiger partial charge on any atom is -0.492 e. The Morgan fingerprint density at radius 3 is 2.54 bits per heavy atom. The molecule has 0 amide bonds. The molecule has 0 N–H and O–H groups in total. The number of hydrogen-bond acceptors (Lipinski definition) is 6. The van der Waals surface area contributed by atoms with Gasteiger partial charge in [0.05, 0.1) is 25.6 Å². The predicted octanol–water partition coefficient (Wildman–Crippen LogP) is 2.86. The Bertz CT molecular complexity index is 690. The van der Waals surface area contributed by atoms with Crippen molar-refractivity contribution < 1.29 is 9.47 Å². The van der Waals surface area contributed by atoms with Gasteiger partial charge in [0, 0.05) is 26.2 Å². The van der Waals surface area contributed by atoms with Crippen molar-refractivity contribution in [2.24, 2.45) is 0 Å². The molecule has 0 radical (unpaired) electrons. The quantitative estimate of drug-likeness (QED) is 0.828. The van der Waals surface area contributed by atoms with Gasteiger partial charge in [-0.1, -0.05) is 23.7 Å². The summed E-state index contributed by atoms with van der Waals surface area (Å²) in [6.45, 7) is 6.03. The second kappa shape index (κ2) is 7.57. The van der Waals surface area contributed by atoms with Crippen LogP contribution in [0.2, 0.25) is 5.02 Å². The van der Waals surface area contributed by atoms with Crippen LogP contribution in [0, 0.1) is 0 Å². The molecule has 2 aromatic rings. The highest BCUT2D eigenvalue weighted by molar-refractivity contribution is 6.32. The maximum Gasteiger partial charge on any atom is 0.318 e. The Morgan fingerprint density at radius 2 is 1.83 bits per heavy atom. The van der Waals surface area contributed by atoms with E-state index in [4.69, 9.17) is 21.1 Å². The summed E-state index contributed by atoms with van der Waals surface area (Å²) in [6.07, 6.45) is 1.58. The van der Waals surface area contributed by atoms with Gasteiger partial charge in [0.1, 0.15) is 10.8 Å². The molecule has 3 rings (SSSR count). The second-order valence-corrected chi connectivity index (χ2v) is 5.81. The fourth-order valence-electron chi connectivity index (χ4n) is 2.82. The van der Waals surface area contributed by atoms with Gasteiger partial charge in [-0.15, -0.1) is 0 Å². The number of halogens is 1. The van der Waals surface area contributed by atoms with Crippen molar-refractivity contribution in [1.29, 1.82) is 0 Å². The highest BCUT2D eigenvalue weighted by atomic mass is 35.5. The Kier molecular flexibility index (Phi) is 5.25. The average molecular weight is 349 g/mol. The average Bonchev–Trinajstić information content (AvgIpc) is 2.63. The van der Waals surface area contributed by atoms with E-state index in [0.717, 1.165) is 43.4 Å². The molecule has 1 aromatic carbocycles. The minimum absolute atomic E-state index is 0.332. The molecular weight excluding hydrogens is 328 g/mol. The van der Waals surface area contributed by atoms with Crippen LogP contribution in [-0.2, 0) is 0 Å². The number of hydrogen-bond donors (Lipinski definition) is 0.